The van der Waals surface area contributed by atoms with Crippen LogP contribution in [0.3, 0.4) is 0 Å². The Morgan fingerprint density at radius 2 is 1.89 bits per heavy atom. The summed E-state index contributed by atoms with van der Waals surface area (Å²) >= 11 is 0. The second-order valence-electron chi connectivity index (χ2n) is 4.84. The number of fused-ring (bicyclic) bond motifs is 1. The average molecular weight is 260 g/mol. The Morgan fingerprint density at radius 1 is 1.26 bits per heavy atom. The van der Waals surface area contributed by atoms with Gasteiger partial charge in [0.05, 0.1) is 11.8 Å². The Labute approximate surface area is 109 Å². The van der Waals surface area contributed by atoms with Crippen LogP contribution in [-0.2, 0) is 9.59 Å². The average Bonchev–Trinajstić information content (AvgIpc) is 2.95. The first-order valence-corrected chi connectivity index (χ1v) is 6.17. The number of carbonyl (C=O) groups is 3. The van der Waals surface area contributed by atoms with Gasteiger partial charge in [-0.1, -0.05) is 6.42 Å². The first-order chi connectivity index (χ1) is 9.11. The summed E-state index contributed by atoms with van der Waals surface area (Å²) in [6.45, 7) is 0. The Bertz CT molecular complexity index is 562. The van der Waals surface area contributed by atoms with Crippen LogP contribution in [-0.4, -0.2) is 27.9 Å². The summed E-state index contributed by atoms with van der Waals surface area (Å²) in [6, 6.07) is 2.82. The maximum Gasteiger partial charge on any atom is 0.339 e. The van der Waals surface area contributed by atoms with E-state index in [1.165, 1.54) is 18.3 Å². The van der Waals surface area contributed by atoms with Crippen molar-refractivity contribution < 1.29 is 19.5 Å². The molecule has 98 valence electrons. The first kappa shape index (κ1) is 11.8. The molecule has 2 unspecified atom stereocenters. The third-order valence-electron chi connectivity index (χ3n) is 3.82. The van der Waals surface area contributed by atoms with Gasteiger partial charge in [-0.25, -0.2) is 14.7 Å². The Morgan fingerprint density at radius 3 is 2.47 bits per heavy atom. The van der Waals surface area contributed by atoms with Gasteiger partial charge in [0.25, 0.3) is 0 Å². The van der Waals surface area contributed by atoms with Gasteiger partial charge in [-0.05, 0) is 25.0 Å². The van der Waals surface area contributed by atoms with Gasteiger partial charge >= 0.3 is 5.97 Å². The first-order valence-electron chi connectivity index (χ1n) is 6.17. The number of pyridine rings is 1. The summed E-state index contributed by atoms with van der Waals surface area (Å²) in [5.74, 6) is -2.46. The number of imide groups is 1. The zero-order chi connectivity index (χ0) is 13.6. The summed E-state index contributed by atoms with van der Waals surface area (Å²) in [5, 5.41) is 9.11. The van der Waals surface area contributed by atoms with Crippen LogP contribution < -0.4 is 4.90 Å². The molecule has 1 aromatic rings. The van der Waals surface area contributed by atoms with E-state index in [1.807, 2.05) is 0 Å². The number of hydrogen-bond acceptors (Lipinski definition) is 4. The number of rotatable bonds is 2. The maximum atomic E-state index is 12.2. The molecular formula is C13H12N2O4. The summed E-state index contributed by atoms with van der Waals surface area (Å²) in [6.07, 6.45) is 3.65. The van der Waals surface area contributed by atoms with E-state index < -0.39 is 5.97 Å². The van der Waals surface area contributed by atoms with Crippen LogP contribution in [0.5, 0.6) is 0 Å². The summed E-state index contributed by atoms with van der Waals surface area (Å²) in [7, 11) is 0. The number of anilines is 1. The van der Waals surface area contributed by atoms with Crippen molar-refractivity contribution in [2.45, 2.75) is 19.3 Å². The van der Waals surface area contributed by atoms with Gasteiger partial charge < -0.3 is 5.11 Å². The van der Waals surface area contributed by atoms with E-state index in [1.54, 1.807) is 0 Å². The van der Waals surface area contributed by atoms with Crippen LogP contribution >= 0.6 is 0 Å². The number of amides is 2. The normalized spacial score (nSPS) is 25.8. The highest BCUT2D eigenvalue weighted by molar-refractivity contribution is 6.23. The minimum absolute atomic E-state index is 0.0561. The molecule has 2 atom stereocenters. The van der Waals surface area contributed by atoms with Gasteiger partial charge in [0, 0.05) is 6.20 Å². The SMILES string of the molecule is O=C(O)c1cccnc1N1C(=O)C2CCCC2C1=O. The van der Waals surface area contributed by atoms with Crippen molar-refractivity contribution >= 4 is 23.6 Å². The van der Waals surface area contributed by atoms with Crippen LogP contribution in [0.15, 0.2) is 18.3 Å². The quantitative estimate of drug-likeness (QED) is 0.803. The molecule has 1 aromatic heterocycles. The molecular weight excluding hydrogens is 248 g/mol. The van der Waals surface area contributed by atoms with Crippen molar-refractivity contribution in [3.8, 4) is 0 Å². The van der Waals surface area contributed by atoms with Crippen molar-refractivity contribution in [3.05, 3.63) is 23.9 Å². The molecule has 0 aromatic carbocycles. The zero-order valence-corrected chi connectivity index (χ0v) is 10.1. The summed E-state index contributed by atoms with van der Waals surface area (Å²) in [4.78, 5) is 40.5. The van der Waals surface area contributed by atoms with Crippen molar-refractivity contribution in [1.29, 1.82) is 0 Å². The molecule has 2 fully saturated rings. The number of carboxylic acids is 1. The molecule has 1 N–H and O–H groups in total. The highest BCUT2D eigenvalue weighted by Gasteiger charge is 2.51. The van der Waals surface area contributed by atoms with E-state index in [0.717, 1.165) is 11.3 Å². The molecule has 6 heteroatoms. The van der Waals surface area contributed by atoms with Crippen molar-refractivity contribution in [1.82, 2.24) is 4.98 Å². The third kappa shape index (κ3) is 1.63. The van der Waals surface area contributed by atoms with Gasteiger partial charge in [-0.15, -0.1) is 0 Å². The number of carboxylic acid groups (broad SMARTS) is 1. The van der Waals surface area contributed by atoms with E-state index in [4.69, 9.17) is 5.11 Å². The maximum absolute atomic E-state index is 12.2. The highest BCUT2D eigenvalue weighted by Crippen LogP contribution is 2.41. The standard InChI is InChI=1S/C13H12N2O4/c16-11-7-3-1-4-8(7)12(17)15(11)10-9(13(18)19)5-2-6-14-10/h2,5-8H,1,3-4H2,(H,18,19). The zero-order valence-electron chi connectivity index (χ0n) is 10.1. The number of aromatic nitrogens is 1. The van der Waals surface area contributed by atoms with Crippen molar-refractivity contribution in [3.63, 3.8) is 0 Å². The summed E-state index contributed by atoms with van der Waals surface area (Å²) in [5.41, 5.74) is -0.121. The van der Waals surface area contributed by atoms with Crippen LogP contribution in [0, 0.1) is 11.8 Å². The van der Waals surface area contributed by atoms with E-state index in [-0.39, 0.29) is 35.0 Å². The Hall–Kier alpha value is -2.24. The Kier molecular flexibility index (Phi) is 2.58. The Balaban J connectivity index is 2.06. The van der Waals surface area contributed by atoms with E-state index >= 15 is 0 Å². The fourth-order valence-corrected chi connectivity index (χ4v) is 2.94. The predicted molar refractivity (Wildman–Crippen MR) is 64.5 cm³/mol. The molecule has 19 heavy (non-hydrogen) atoms. The molecule has 6 nitrogen and oxygen atoms in total. The van der Waals surface area contributed by atoms with Crippen LogP contribution in [0.1, 0.15) is 29.6 Å². The van der Waals surface area contributed by atoms with Crippen LogP contribution in [0.25, 0.3) is 0 Å². The minimum Gasteiger partial charge on any atom is -0.478 e. The lowest BCUT2D eigenvalue weighted by Crippen LogP contribution is -2.33. The molecule has 1 saturated heterocycles. The van der Waals surface area contributed by atoms with Gasteiger partial charge in [-0.3, -0.25) is 9.59 Å². The van der Waals surface area contributed by atoms with Gasteiger partial charge in [-0.2, -0.15) is 0 Å². The highest BCUT2D eigenvalue weighted by atomic mass is 16.4. The monoisotopic (exact) mass is 260 g/mol. The minimum atomic E-state index is -1.19. The van der Waals surface area contributed by atoms with E-state index in [9.17, 15) is 14.4 Å². The van der Waals surface area contributed by atoms with Crippen LogP contribution in [0.4, 0.5) is 5.82 Å². The molecule has 2 aliphatic rings. The number of carbonyl (C=O) groups excluding carboxylic acids is 2. The molecule has 0 radical (unpaired) electrons. The second kappa shape index (κ2) is 4.15. The molecule has 1 saturated carbocycles. The molecule has 0 spiro atoms. The fourth-order valence-electron chi connectivity index (χ4n) is 2.94. The van der Waals surface area contributed by atoms with E-state index in [0.29, 0.717) is 12.8 Å². The van der Waals surface area contributed by atoms with Crippen molar-refractivity contribution in [2.24, 2.45) is 11.8 Å². The summed E-state index contributed by atoms with van der Waals surface area (Å²) < 4.78 is 0. The van der Waals surface area contributed by atoms with Crippen LogP contribution in [0.2, 0.25) is 0 Å². The van der Waals surface area contributed by atoms with Gasteiger partial charge in [0.15, 0.2) is 5.82 Å². The molecule has 1 aliphatic carbocycles. The van der Waals surface area contributed by atoms with Gasteiger partial charge in [0.1, 0.15) is 5.56 Å². The molecule has 2 heterocycles. The van der Waals surface area contributed by atoms with E-state index in [2.05, 4.69) is 4.98 Å². The number of nitrogens with zero attached hydrogens (tertiary/aromatic N) is 2. The smallest absolute Gasteiger partial charge is 0.339 e. The predicted octanol–water partition coefficient (Wildman–Crippen LogP) is 1.07. The van der Waals surface area contributed by atoms with Gasteiger partial charge in [0.2, 0.25) is 11.8 Å². The van der Waals surface area contributed by atoms with Crippen molar-refractivity contribution in [2.75, 3.05) is 4.90 Å². The lowest BCUT2D eigenvalue weighted by atomic mass is 10.00. The third-order valence-corrected chi connectivity index (χ3v) is 3.82. The molecule has 1 aliphatic heterocycles. The molecule has 3 rings (SSSR count). The lowest BCUT2D eigenvalue weighted by Gasteiger charge is -2.16. The topological polar surface area (TPSA) is 87.6 Å². The molecule has 0 bridgehead atoms. The largest absolute Gasteiger partial charge is 0.478 e. The lowest BCUT2D eigenvalue weighted by molar-refractivity contribution is -0.122. The fraction of sp³-hybridized carbons (Fsp3) is 0.385. The number of aromatic carboxylic acids is 1. The molecule has 2 amide bonds. The number of hydrogen-bond donors (Lipinski definition) is 1. The second-order valence-corrected chi connectivity index (χ2v) is 4.84.